The third-order valence-corrected chi connectivity index (χ3v) is 5.48. The molecule has 18 heavy (non-hydrogen) atoms. The number of thioether (sulfide) groups is 1. The van der Waals surface area contributed by atoms with Gasteiger partial charge >= 0.3 is 0 Å². The van der Waals surface area contributed by atoms with E-state index in [1.54, 1.807) is 5.56 Å². The number of nitrogens with one attached hydrogen (secondary N) is 1. The van der Waals surface area contributed by atoms with Gasteiger partial charge in [0.05, 0.1) is 0 Å². The van der Waals surface area contributed by atoms with E-state index in [4.69, 9.17) is 0 Å². The smallest absolute Gasteiger partial charge is 0.0459 e. The standard InChI is InChI=1S/C15H18N2S/c1-2-4-14-12(3-1)13-9-17(7-5-15(13)16-14)11-6-8-18-10-11/h1-4,11,16H,5-10H2/t11-/m0/s1. The molecule has 2 aromatic rings. The van der Waals surface area contributed by atoms with Crippen LogP contribution in [0, 0.1) is 0 Å². The van der Waals surface area contributed by atoms with Gasteiger partial charge in [0, 0.05) is 47.9 Å². The number of aromatic nitrogens is 1. The fourth-order valence-corrected chi connectivity index (χ4v) is 4.56. The summed E-state index contributed by atoms with van der Waals surface area (Å²) in [6, 6.07) is 9.55. The normalized spacial score (nSPS) is 24.6. The van der Waals surface area contributed by atoms with E-state index in [-0.39, 0.29) is 0 Å². The Morgan fingerprint density at radius 2 is 2.22 bits per heavy atom. The van der Waals surface area contributed by atoms with Crippen molar-refractivity contribution in [2.45, 2.75) is 25.4 Å². The molecule has 3 heterocycles. The first-order valence-corrected chi connectivity index (χ1v) is 7.97. The van der Waals surface area contributed by atoms with Crippen molar-refractivity contribution in [1.29, 1.82) is 0 Å². The van der Waals surface area contributed by atoms with Gasteiger partial charge in [-0.3, -0.25) is 4.90 Å². The van der Waals surface area contributed by atoms with E-state index in [1.807, 2.05) is 0 Å². The molecule has 1 aromatic heterocycles. The van der Waals surface area contributed by atoms with Crippen LogP contribution in [0.25, 0.3) is 10.9 Å². The van der Waals surface area contributed by atoms with E-state index < -0.39 is 0 Å². The minimum atomic E-state index is 0.816. The maximum Gasteiger partial charge on any atom is 0.0459 e. The van der Waals surface area contributed by atoms with Crippen molar-refractivity contribution in [3.8, 4) is 0 Å². The van der Waals surface area contributed by atoms with Crippen LogP contribution in [-0.2, 0) is 13.0 Å². The Hall–Kier alpha value is -0.930. The number of rotatable bonds is 1. The first-order valence-electron chi connectivity index (χ1n) is 6.82. The highest BCUT2D eigenvalue weighted by Gasteiger charge is 2.27. The monoisotopic (exact) mass is 258 g/mol. The zero-order valence-electron chi connectivity index (χ0n) is 10.5. The van der Waals surface area contributed by atoms with Gasteiger partial charge < -0.3 is 4.98 Å². The van der Waals surface area contributed by atoms with Crippen LogP contribution in [0.3, 0.4) is 0 Å². The van der Waals surface area contributed by atoms with Crippen LogP contribution in [0.15, 0.2) is 24.3 Å². The third kappa shape index (κ3) is 1.69. The summed E-state index contributed by atoms with van der Waals surface area (Å²) in [5.74, 6) is 2.68. The van der Waals surface area contributed by atoms with Crippen LogP contribution in [0.5, 0.6) is 0 Å². The molecule has 1 N–H and O–H groups in total. The van der Waals surface area contributed by atoms with Crippen LogP contribution >= 0.6 is 11.8 Å². The summed E-state index contributed by atoms with van der Waals surface area (Å²) in [7, 11) is 0. The molecule has 0 aliphatic carbocycles. The Morgan fingerprint density at radius 3 is 3.11 bits per heavy atom. The molecule has 0 bridgehead atoms. The molecule has 0 spiro atoms. The van der Waals surface area contributed by atoms with E-state index in [0.29, 0.717) is 0 Å². The molecular formula is C15H18N2S. The molecule has 0 radical (unpaired) electrons. The number of benzene rings is 1. The number of H-pyrrole nitrogens is 1. The lowest BCUT2D eigenvalue weighted by Crippen LogP contribution is -2.39. The van der Waals surface area contributed by atoms with E-state index >= 15 is 0 Å². The number of para-hydroxylation sites is 1. The molecule has 0 saturated carbocycles. The Labute approximate surface area is 112 Å². The summed E-state index contributed by atoms with van der Waals surface area (Å²) in [5, 5.41) is 1.43. The Kier molecular flexibility index (Phi) is 2.63. The number of hydrogen-bond donors (Lipinski definition) is 1. The average Bonchev–Trinajstić information content (AvgIpc) is 3.05. The van der Waals surface area contributed by atoms with Gasteiger partial charge in [-0.15, -0.1) is 0 Å². The highest BCUT2D eigenvalue weighted by molar-refractivity contribution is 7.99. The van der Waals surface area contributed by atoms with Gasteiger partial charge in [0.25, 0.3) is 0 Å². The summed E-state index contributed by atoms with van der Waals surface area (Å²) in [5.41, 5.74) is 4.33. The summed E-state index contributed by atoms with van der Waals surface area (Å²) in [4.78, 5) is 6.29. The second-order valence-corrected chi connectivity index (χ2v) is 6.52. The van der Waals surface area contributed by atoms with Crippen molar-refractivity contribution in [2.75, 3.05) is 18.1 Å². The van der Waals surface area contributed by atoms with Crippen LogP contribution in [0.1, 0.15) is 17.7 Å². The van der Waals surface area contributed by atoms with Crippen molar-refractivity contribution in [3.63, 3.8) is 0 Å². The first kappa shape index (κ1) is 10.9. The molecule has 3 heteroatoms. The van der Waals surface area contributed by atoms with E-state index in [1.165, 1.54) is 47.5 Å². The van der Waals surface area contributed by atoms with Gasteiger partial charge in [-0.05, 0) is 23.8 Å². The molecular weight excluding hydrogens is 240 g/mol. The molecule has 1 saturated heterocycles. The van der Waals surface area contributed by atoms with Crippen molar-refractivity contribution in [2.24, 2.45) is 0 Å². The minimum Gasteiger partial charge on any atom is -0.358 e. The highest BCUT2D eigenvalue weighted by atomic mass is 32.2. The molecule has 94 valence electrons. The van der Waals surface area contributed by atoms with E-state index in [9.17, 15) is 0 Å². The lowest BCUT2D eigenvalue weighted by atomic mass is 10.0. The molecule has 0 unspecified atom stereocenters. The van der Waals surface area contributed by atoms with Crippen LogP contribution in [0.4, 0.5) is 0 Å². The zero-order valence-corrected chi connectivity index (χ0v) is 11.3. The van der Waals surface area contributed by atoms with Gasteiger partial charge in [-0.1, -0.05) is 18.2 Å². The lowest BCUT2D eigenvalue weighted by Gasteiger charge is -2.32. The maximum absolute atomic E-state index is 3.60. The summed E-state index contributed by atoms with van der Waals surface area (Å²) < 4.78 is 0. The number of hydrogen-bond acceptors (Lipinski definition) is 2. The second-order valence-electron chi connectivity index (χ2n) is 5.37. The molecule has 2 nitrogen and oxygen atoms in total. The topological polar surface area (TPSA) is 19.0 Å². The number of nitrogens with zero attached hydrogens (tertiary/aromatic N) is 1. The van der Waals surface area contributed by atoms with Gasteiger partial charge in [-0.25, -0.2) is 0 Å². The Bertz CT molecular complexity index is 569. The van der Waals surface area contributed by atoms with Crippen LogP contribution in [-0.4, -0.2) is 34.0 Å². The van der Waals surface area contributed by atoms with Crippen molar-refractivity contribution < 1.29 is 0 Å². The van der Waals surface area contributed by atoms with E-state index in [0.717, 1.165) is 12.6 Å². The predicted molar refractivity (Wildman–Crippen MR) is 78.1 cm³/mol. The predicted octanol–water partition coefficient (Wildman–Crippen LogP) is 3.03. The molecule has 2 aliphatic rings. The summed E-state index contributed by atoms with van der Waals surface area (Å²) >= 11 is 2.11. The molecule has 0 amide bonds. The second kappa shape index (κ2) is 4.32. The average molecular weight is 258 g/mol. The number of fused-ring (bicyclic) bond motifs is 3. The van der Waals surface area contributed by atoms with Crippen molar-refractivity contribution in [3.05, 3.63) is 35.5 Å². The fraction of sp³-hybridized carbons (Fsp3) is 0.467. The lowest BCUT2D eigenvalue weighted by molar-refractivity contribution is 0.195. The Morgan fingerprint density at radius 1 is 1.28 bits per heavy atom. The van der Waals surface area contributed by atoms with E-state index in [2.05, 4.69) is 45.9 Å². The SMILES string of the molecule is c1ccc2c3c([nH]c2c1)CCN([C@H]1CCSC1)C3. The summed E-state index contributed by atoms with van der Waals surface area (Å²) in [6.45, 7) is 2.37. The first-order chi connectivity index (χ1) is 8.92. The van der Waals surface area contributed by atoms with Crippen molar-refractivity contribution >= 4 is 22.7 Å². The molecule has 1 aromatic carbocycles. The van der Waals surface area contributed by atoms with Gasteiger partial charge in [-0.2, -0.15) is 11.8 Å². The van der Waals surface area contributed by atoms with Crippen molar-refractivity contribution in [1.82, 2.24) is 9.88 Å². The third-order valence-electron chi connectivity index (χ3n) is 4.33. The van der Waals surface area contributed by atoms with Crippen LogP contribution < -0.4 is 0 Å². The highest BCUT2D eigenvalue weighted by Crippen LogP contribution is 2.31. The number of aromatic amines is 1. The fourth-order valence-electron chi connectivity index (χ4n) is 3.31. The molecule has 2 aliphatic heterocycles. The van der Waals surface area contributed by atoms with Gasteiger partial charge in [0.2, 0.25) is 0 Å². The quantitative estimate of drug-likeness (QED) is 0.848. The summed E-state index contributed by atoms with van der Waals surface area (Å²) in [6.07, 6.45) is 2.56. The van der Waals surface area contributed by atoms with Gasteiger partial charge in [0.1, 0.15) is 0 Å². The maximum atomic E-state index is 3.60. The van der Waals surface area contributed by atoms with Crippen LogP contribution in [0.2, 0.25) is 0 Å². The minimum absolute atomic E-state index is 0.816. The Balaban J connectivity index is 1.70. The molecule has 4 rings (SSSR count). The largest absolute Gasteiger partial charge is 0.358 e. The zero-order chi connectivity index (χ0) is 11.9. The van der Waals surface area contributed by atoms with Gasteiger partial charge in [0.15, 0.2) is 0 Å². The molecule has 1 fully saturated rings. The molecule has 1 atom stereocenters.